The Hall–Kier alpha value is -8.27. The third-order valence-electron chi connectivity index (χ3n) is 13.8. The zero-order valence-electron chi connectivity index (χ0n) is 48.7. The maximum Gasteiger partial charge on any atom is 0.297 e. The monoisotopic (exact) mass is 1210 g/mol. The van der Waals surface area contributed by atoms with E-state index in [2.05, 4.69) is 15.5 Å². The van der Waals surface area contributed by atoms with Crippen LogP contribution in [0.5, 0.6) is 11.5 Å². The molecule has 12 rings (SSSR count). The van der Waals surface area contributed by atoms with E-state index in [1.165, 1.54) is 25.0 Å². The van der Waals surface area contributed by atoms with E-state index in [1.54, 1.807) is 82.2 Å². The van der Waals surface area contributed by atoms with Gasteiger partial charge in [-0.3, -0.25) is 13.5 Å². The lowest BCUT2D eigenvalue weighted by molar-refractivity contribution is 0.198. The average Bonchev–Trinajstić information content (AvgIpc) is 1.69. The summed E-state index contributed by atoms with van der Waals surface area (Å²) in [6, 6.07) is 61.9. The molecule has 0 amide bonds. The Morgan fingerprint density at radius 2 is 0.930 bits per heavy atom. The van der Waals surface area contributed by atoms with Crippen LogP contribution in [0.2, 0.25) is 0 Å². The van der Waals surface area contributed by atoms with E-state index in [9.17, 15) is 25.3 Å². The van der Waals surface area contributed by atoms with Crippen molar-refractivity contribution in [2.45, 2.75) is 57.6 Å². The van der Waals surface area contributed by atoms with Crippen LogP contribution in [0.1, 0.15) is 29.5 Å². The van der Waals surface area contributed by atoms with Crippen LogP contribution in [-0.4, -0.2) is 117 Å². The number of likely N-dealkylation sites (N-methyl/N-ethyl adjacent to an activating group) is 1. The van der Waals surface area contributed by atoms with Crippen LogP contribution in [0, 0.1) is 6.92 Å². The minimum Gasteiger partial charge on any atom is -0.492 e. The summed E-state index contributed by atoms with van der Waals surface area (Å²) >= 11 is 0. The summed E-state index contributed by atoms with van der Waals surface area (Å²) in [5, 5.41) is 15.9. The largest absolute Gasteiger partial charge is 0.492 e. The molecule has 19 heteroatoms. The van der Waals surface area contributed by atoms with Crippen molar-refractivity contribution in [3.05, 3.63) is 223 Å². The van der Waals surface area contributed by atoms with E-state index in [-0.39, 0.29) is 38.0 Å². The molecule has 0 atom stereocenters. The smallest absolute Gasteiger partial charge is 0.297 e. The summed E-state index contributed by atoms with van der Waals surface area (Å²) < 4.78 is 107. The van der Waals surface area contributed by atoms with Crippen molar-refractivity contribution < 1.29 is 43.6 Å². The van der Waals surface area contributed by atoms with Crippen LogP contribution >= 0.6 is 0 Å². The van der Waals surface area contributed by atoms with Gasteiger partial charge >= 0.3 is 0 Å². The van der Waals surface area contributed by atoms with E-state index in [0.29, 0.717) is 58.3 Å². The Balaban J connectivity index is 0.000000185. The van der Waals surface area contributed by atoms with E-state index < -0.39 is 29.8 Å². The first-order valence-electron chi connectivity index (χ1n) is 28.1. The summed E-state index contributed by atoms with van der Waals surface area (Å²) in [4.78, 5) is 2.51. The highest BCUT2D eigenvalue weighted by molar-refractivity contribution is 7.92. The molecular formula is C67H70N6O10S3. The molecule has 9 aromatic carbocycles. The molecule has 0 unspecified atom stereocenters. The second-order valence-electron chi connectivity index (χ2n) is 20.6. The molecule has 1 saturated heterocycles. The van der Waals surface area contributed by atoms with Gasteiger partial charge in [0.2, 0.25) is 19.7 Å². The predicted molar refractivity (Wildman–Crippen MR) is 338 cm³/mol. The summed E-state index contributed by atoms with van der Waals surface area (Å²) in [5.74, 6) is 0.977. The molecule has 2 aromatic heterocycles. The number of aryl methyl sites for hydroxylation is 1. The maximum atomic E-state index is 14.2. The second kappa shape index (κ2) is 28.7. The normalized spacial score (nSPS) is 12.5. The first-order chi connectivity index (χ1) is 41.6. The highest BCUT2D eigenvalue weighted by Crippen LogP contribution is 2.36. The highest BCUT2D eigenvalue weighted by atomic mass is 32.2. The molecule has 11 aromatic rings. The molecule has 1 aliphatic rings. The molecule has 0 bridgehead atoms. The fourth-order valence-electron chi connectivity index (χ4n) is 9.59. The second-order valence-corrected chi connectivity index (χ2v) is 25.9. The van der Waals surface area contributed by atoms with Gasteiger partial charge in [0.05, 0.1) is 38.8 Å². The third kappa shape index (κ3) is 15.2. The van der Waals surface area contributed by atoms with Gasteiger partial charge in [-0.05, 0) is 131 Å². The zero-order chi connectivity index (χ0) is 60.7. The summed E-state index contributed by atoms with van der Waals surface area (Å²) in [6.07, 6.45) is 2.56. The van der Waals surface area contributed by atoms with Gasteiger partial charge in [-0.15, -0.1) is 0 Å². The molecule has 1 aliphatic heterocycles. The van der Waals surface area contributed by atoms with Gasteiger partial charge in [-0.2, -0.15) is 18.6 Å². The quantitative estimate of drug-likeness (QED) is 0.0630. The molecule has 16 nitrogen and oxygen atoms in total. The van der Waals surface area contributed by atoms with Gasteiger partial charge in [0.15, 0.2) is 10.1 Å². The van der Waals surface area contributed by atoms with Crippen LogP contribution in [0.3, 0.4) is 0 Å². The molecule has 0 radical (unpaired) electrons. The fourth-order valence-corrected chi connectivity index (χ4v) is 13.7. The first-order valence-corrected chi connectivity index (χ1v) is 32.5. The number of nitrogens with one attached hydrogen (secondary N) is 1. The van der Waals surface area contributed by atoms with Gasteiger partial charge in [-0.25, -0.2) is 16.8 Å². The number of ether oxygens (including phenoxy) is 3. The zero-order valence-corrected chi connectivity index (χ0v) is 51.2. The number of sulfone groups is 2. The molecule has 0 spiro atoms. The van der Waals surface area contributed by atoms with E-state index in [1.807, 2.05) is 161 Å². The first kappa shape index (κ1) is 62.3. The third-order valence-corrected chi connectivity index (χ3v) is 18.7. The van der Waals surface area contributed by atoms with Crippen molar-refractivity contribution in [2.24, 2.45) is 0 Å². The summed E-state index contributed by atoms with van der Waals surface area (Å²) in [7, 11) is -4.19. The standard InChI is InChI=1S/C33H28N2O6S2.C28H27N3O3S.C4H8O.C2H7N/c1-24-14-17-28(18-15-24)43(38,39)41-21-20-40-27-16-19-31-30(22-27)33(34-35(31)23-25-8-3-2-4-9-25)42(36,37)32-13-7-11-26-10-5-6-12-29(26)32;1-30(2)17-18-34-23-15-16-26-25(19-23)28(29-31(26)20-21-9-4-3-5-10-21)35(32,33)27-14-8-12-22-11-6-7-13-24(22)27;1-2-4-5-3-1;1-3-2/h2-19,22H,20-21,23H2,1H3;3-16,19H,17-18,20H2,1-2H3;1-4H2;3H,1-2H3. The van der Waals surface area contributed by atoms with Gasteiger partial charge < -0.3 is 24.4 Å². The van der Waals surface area contributed by atoms with Crippen molar-refractivity contribution in [1.29, 1.82) is 0 Å². The van der Waals surface area contributed by atoms with E-state index in [0.717, 1.165) is 52.7 Å². The minimum absolute atomic E-state index is 0.0397. The van der Waals surface area contributed by atoms with Crippen molar-refractivity contribution >= 4 is 73.1 Å². The molecule has 1 N–H and O–H groups in total. The Morgan fingerprint density at radius 1 is 0.500 bits per heavy atom. The molecule has 0 saturated carbocycles. The topological polar surface area (TPSA) is 190 Å². The Kier molecular flexibility index (Phi) is 20.8. The molecule has 0 aliphatic carbocycles. The van der Waals surface area contributed by atoms with Crippen LogP contribution in [0.25, 0.3) is 43.4 Å². The van der Waals surface area contributed by atoms with Crippen LogP contribution in [0.15, 0.2) is 231 Å². The number of hydrogen-bond donors (Lipinski definition) is 1. The Bertz CT molecular complexity index is 4390. The van der Waals surface area contributed by atoms with Gasteiger partial charge in [0.1, 0.15) is 31.3 Å². The Labute approximate surface area is 503 Å². The van der Waals surface area contributed by atoms with Crippen molar-refractivity contribution in [3.63, 3.8) is 0 Å². The lowest BCUT2D eigenvalue weighted by atomic mass is 10.1. The maximum absolute atomic E-state index is 14.2. The Morgan fingerprint density at radius 3 is 1.37 bits per heavy atom. The number of nitrogens with zero attached hydrogens (tertiary/aromatic N) is 5. The van der Waals surface area contributed by atoms with Crippen molar-refractivity contribution in [2.75, 3.05) is 67.8 Å². The van der Waals surface area contributed by atoms with Crippen molar-refractivity contribution in [1.82, 2.24) is 29.8 Å². The molecule has 1 fully saturated rings. The van der Waals surface area contributed by atoms with Gasteiger partial charge in [0, 0.05) is 41.3 Å². The number of fused-ring (bicyclic) bond motifs is 4. The van der Waals surface area contributed by atoms with Crippen LogP contribution < -0.4 is 14.8 Å². The van der Waals surface area contributed by atoms with Crippen LogP contribution in [0.4, 0.5) is 0 Å². The summed E-state index contributed by atoms with van der Waals surface area (Å²) in [5.41, 5.74) is 4.30. The SMILES string of the molecule is C1CCOC1.CN(C)CCOc1ccc2c(c1)c(S(=O)(=O)c1cccc3ccccc13)nn2Cc1ccccc1.CNC.Cc1ccc(S(=O)(=O)OCCOc2ccc3c(c2)c(S(=O)(=O)c2cccc4ccccc24)nn3Cc2ccccc2)cc1. The minimum atomic E-state index is -4.05. The van der Waals surface area contributed by atoms with E-state index in [4.69, 9.17) is 18.4 Å². The highest BCUT2D eigenvalue weighted by Gasteiger charge is 2.30. The molecule has 86 heavy (non-hydrogen) atoms. The number of rotatable bonds is 18. The number of hydrogen-bond acceptors (Lipinski definition) is 14. The van der Waals surface area contributed by atoms with Crippen molar-refractivity contribution in [3.8, 4) is 11.5 Å². The molecule has 3 heterocycles. The fraction of sp³-hybridized carbons (Fsp3) is 0.224. The average molecular weight is 1220 g/mol. The predicted octanol–water partition coefficient (Wildman–Crippen LogP) is 11.8. The number of benzene rings is 9. The van der Waals surface area contributed by atoms with E-state index >= 15 is 0 Å². The van der Waals surface area contributed by atoms with Crippen LogP contribution in [-0.2, 0) is 51.8 Å². The van der Waals surface area contributed by atoms with Gasteiger partial charge in [0.25, 0.3) is 10.1 Å². The summed E-state index contributed by atoms with van der Waals surface area (Å²) in [6.45, 7) is 5.67. The lowest BCUT2D eigenvalue weighted by Gasteiger charge is -2.11. The lowest BCUT2D eigenvalue weighted by Crippen LogP contribution is -2.19. The molecule has 446 valence electrons. The molecular weight excluding hydrogens is 1140 g/mol. The van der Waals surface area contributed by atoms with Gasteiger partial charge in [-0.1, -0.05) is 151 Å². The number of aromatic nitrogens is 4.